The predicted octanol–water partition coefficient (Wildman–Crippen LogP) is 5.99. The Morgan fingerprint density at radius 2 is 1.70 bits per heavy atom. The summed E-state index contributed by atoms with van der Waals surface area (Å²) < 4.78 is 10.9. The lowest BCUT2D eigenvalue weighted by molar-refractivity contribution is -0.125. The monoisotopic (exact) mass is 379 g/mol. The fourth-order valence-corrected chi connectivity index (χ4v) is 3.33. The van der Waals surface area contributed by atoms with E-state index in [0.717, 1.165) is 32.4 Å². The van der Waals surface area contributed by atoms with E-state index in [-0.39, 0.29) is 5.97 Å². The van der Waals surface area contributed by atoms with E-state index < -0.39 is 0 Å². The van der Waals surface area contributed by atoms with Gasteiger partial charge in [-0.3, -0.25) is 0 Å². The SMILES string of the molecule is CCCCCCCCCCCOc1cc(C(=O)ON2CCC(C)CC2)co1. The topological polar surface area (TPSA) is 51.9 Å². The zero-order chi connectivity index (χ0) is 19.3. The van der Waals surface area contributed by atoms with Gasteiger partial charge in [-0.1, -0.05) is 65.2 Å². The van der Waals surface area contributed by atoms with Crippen molar-refractivity contribution in [3.8, 4) is 5.95 Å². The summed E-state index contributed by atoms with van der Waals surface area (Å²) in [4.78, 5) is 17.6. The molecule has 0 radical (unpaired) electrons. The minimum absolute atomic E-state index is 0.369. The maximum atomic E-state index is 12.2. The van der Waals surface area contributed by atoms with E-state index in [1.165, 1.54) is 57.6 Å². The molecule has 0 spiro atoms. The van der Waals surface area contributed by atoms with Crippen LogP contribution in [0.15, 0.2) is 16.7 Å². The molecule has 0 aromatic carbocycles. The Kier molecular flexibility index (Phi) is 10.4. The highest BCUT2D eigenvalue weighted by atomic mass is 16.7. The first-order chi connectivity index (χ1) is 13.2. The molecular formula is C22H37NO4. The molecule has 0 saturated carbocycles. The summed E-state index contributed by atoms with van der Waals surface area (Å²) in [6.45, 7) is 6.70. The van der Waals surface area contributed by atoms with E-state index in [9.17, 15) is 4.79 Å². The molecule has 0 amide bonds. The number of hydrogen-bond donors (Lipinski definition) is 0. The van der Waals surface area contributed by atoms with Gasteiger partial charge in [-0.05, 0) is 25.2 Å². The van der Waals surface area contributed by atoms with Crippen molar-refractivity contribution in [1.29, 1.82) is 0 Å². The van der Waals surface area contributed by atoms with Crippen molar-refractivity contribution in [2.24, 2.45) is 5.92 Å². The van der Waals surface area contributed by atoms with E-state index in [4.69, 9.17) is 14.0 Å². The van der Waals surface area contributed by atoms with Crippen molar-refractivity contribution in [1.82, 2.24) is 5.06 Å². The number of hydroxylamine groups is 2. The smallest absolute Gasteiger partial charge is 0.360 e. The molecule has 0 N–H and O–H groups in total. The first-order valence-corrected chi connectivity index (χ1v) is 10.9. The average Bonchev–Trinajstić information content (AvgIpc) is 3.14. The van der Waals surface area contributed by atoms with Gasteiger partial charge in [0.1, 0.15) is 11.8 Å². The van der Waals surface area contributed by atoms with Crippen LogP contribution in [0.25, 0.3) is 0 Å². The lowest BCUT2D eigenvalue weighted by Gasteiger charge is -2.28. The highest BCUT2D eigenvalue weighted by Gasteiger charge is 2.21. The highest BCUT2D eigenvalue weighted by molar-refractivity contribution is 5.89. The number of rotatable bonds is 13. The first kappa shape index (κ1) is 21.8. The molecule has 0 bridgehead atoms. The fraction of sp³-hybridized carbons (Fsp3) is 0.773. The third kappa shape index (κ3) is 8.83. The molecule has 1 aliphatic rings. The Morgan fingerprint density at radius 3 is 2.37 bits per heavy atom. The summed E-state index contributed by atoms with van der Waals surface area (Å²) in [5.41, 5.74) is 0.413. The van der Waals surface area contributed by atoms with E-state index in [1.54, 1.807) is 11.1 Å². The van der Waals surface area contributed by atoms with E-state index in [0.29, 0.717) is 24.0 Å². The Morgan fingerprint density at radius 1 is 1.07 bits per heavy atom. The molecule has 1 aliphatic heterocycles. The second-order valence-corrected chi connectivity index (χ2v) is 7.82. The Balaban J connectivity index is 1.53. The summed E-state index contributed by atoms with van der Waals surface area (Å²) in [5, 5.41) is 1.75. The van der Waals surface area contributed by atoms with Crippen LogP contribution in [0.5, 0.6) is 5.95 Å². The standard InChI is InChI=1S/C22H37NO4/c1-3-4-5-6-7-8-9-10-11-16-25-21-17-20(18-26-21)22(24)27-23-14-12-19(2)13-15-23/h17-19H,3-16H2,1-2H3. The molecular weight excluding hydrogens is 342 g/mol. The molecule has 1 aromatic rings. The van der Waals surface area contributed by atoms with E-state index >= 15 is 0 Å². The largest absolute Gasteiger partial charge is 0.465 e. The van der Waals surface area contributed by atoms with Gasteiger partial charge in [-0.15, -0.1) is 5.06 Å². The summed E-state index contributed by atoms with van der Waals surface area (Å²) in [5.74, 6) is 0.731. The third-order valence-electron chi connectivity index (χ3n) is 5.26. The Bertz CT molecular complexity index is 520. The molecule has 1 saturated heterocycles. The number of piperidine rings is 1. The van der Waals surface area contributed by atoms with Gasteiger partial charge in [-0.2, -0.15) is 0 Å². The van der Waals surface area contributed by atoms with Crippen molar-refractivity contribution >= 4 is 5.97 Å². The summed E-state index contributed by atoms with van der Waals surface area (Å²) in [6, 6.07) is 1.63. The average molecular weight is 380 g/mol. The van der Waals surface area contributed by atoms with Crippen molar-refractivity contribution in [3.63, 3.8) is 0 Å². The van der Waals surface area contributed by atoms with Crippen LogP contribution in [0.2, 0.25) is 0 Å². The zero-order valence-corrected chi connectivity index (χ0v) is 17.2. The fourth-order valence-electron chi connectivity index (χ4n) is 3.33. The lowest BCUT2D eigenvalue weighted by atomic mass is 10.0. The van der Waals surface area contributed by atoms with Gasteiger partial charge in [0.05, 0.1) is 6.61 Å². The molecule has 0 atom stereocenters. The van der Waals surface area contributed by atoms with E-state index in [1.807, 2.05) is 0 Å². The lowest BCUT2D eigenvalue weighted by Crippen LogP contribution is -2.34. The number of furan rings is 1. The van der Waals surface area contributed by atoms with Crippen molar-refractivity contribution < 1.29 is 18.8 Å². The minimum atomic E-state index is -0.369. The number of hydrogen-bond acceptors (Lipinski definition) is 5. The van der Waals surface area contributed by atoms with Gasteiger partial charge in [0.2, 0.25) is 0 Å². The molecule has 1 aromatic heterocycles. The van der Waals surface area contributed by atoms with Crippen LogP contribution in [0.1, 0.15) is 94.8 Å². The predicted molar refractivity (Wildman–Crippen MR) is 107 cm³/mol. The highest BCUT2D eigenvalue weighted by Crippen LogP contribution is 2.20. The minimum Gasteiger partial charge on any atom is -0.465 e. The van der Waals surface area contributed by atoms with Gasteiger partial charge >= 0.3 is 5.97 Å². The summed E-state index contributed by atoms with van der Waals surface area (Å²) in [7, 11) is 0. The van der Waals surface area contributed by atoms with Gasteiger partial charge in [0.15, 0.2) is 0 Å². The quantitative estimate of drug-likeness (QED) is 0.394. The molecule has 2 heterocycles. The van der Waals surface area contributed by atoms with Crippen molar-refractivity contribution in [3.05, 3.63) is 17.9 Å². The summed E-state index contributed by atoms with van der Waals surface area (Å²) >= 11 is 0. The maximum absolute atomic E-state index is 12.2. The zero-order valence-electron chi connectivity index (χ0n) is 17.2. The number of carbonyl (C=O) groups excluding carboxylic acids is 1. The molecule has 5 nitrogen and oxygen atoms in total. The molecule has 5 heteroatoms. The second-order valence-electron chi connectivity index (χ2n) is 7.82. The molecule has 0 aliphatic carbocycles. The molecule has 154 valence electrons. The van der Waals surface area contributed by atoms with Crippen LogP contribution >= 0.6 is 0 Å². The molecule has 1 fully saturated rings. The van der Waals surface area contributed by atoms with Crippen LogP contribution in [-0.4, -0.2) is 30.7 Å². The van der Waals surface area contributed by atoms with Crippen LogP contribution in [0.4, 0.5) is 0 Å². The summed E-state index contributed by atoms with van der Waals surface area (Å²) in [6.07, 6.45) is 15.1. The number of ether oxygens (including phenoxy) is 1. The van der Waals surface area contributed by atoms with Crippen molar-refractivity contribution in [2.75, 3.05) is 19.7 Å². The number of carbonyl (C=O) groups is 1. The van der Waals surface area contributed by atoms with Gasteiger partial charge in [0, 0.05) is 19.2 Å². The van der Waals surface area contributed by atoms with Crippen LogP contribution in [-0.2, 0) is 4.84 Å². The van der Waals surface area contributed by atoms with Gasteiger partial charge < -0.3 is 14.0 Å². The molecule has 27 heavy (non-hydrogen) atoms. The van der Waals surface area contributed by atoms with Crippen LogP contribution < -0.4 is 4.74 Å². The van der Waals surface area contributed by atoms with Gasteiger partial charge in [0.25, 0.3) is 5.95 Å². The van der Waals surface area contributed by atoms with Crippen LogP contribution in [0, 0.1) is 5.92 Å². The third-order valence-corrected chi connectivity index (χ3v) is 5.26. The van der Waals surface area contributed by atoms with E-state index in [2.05, 4.69) is 13.8 Å². The van der Waals surface area contributed by atoms with Gasteiger partial charge in [-0.25, -0.2) is 4.79 Å². The number of nitrogens with zero attached hydrogens (tertiary/aromatic N) is 1. The molecule has 0 unspecified atom stereocenters. The molecule has 2 rings (SSSR count). The van der Waals surface area contributed by atoms with Crippen molar-refractivity contribution in [2.45, 2.75) is 84.5 Å². The Hall–Kier alpha value is -1.49. The normalized spacial score (nSPS) is 15.8. The maximum Gasteiger partial charge on any atom is 0.360 e. The second kappa shape index (κ2) is 12.8. The Labute approximate surface area is 164 Å². The first-order valence-electron chi connectivity index (χ1n) is 10.9. The van der Waals surface area contributed by atoms with Crippen LogP contribution in [0.3, 0.4) is 0 Å². The number of unbranched alkanes of at least 4 members (excludes halogenated alkanes) is 8.